The molecule has 1 saturated heterocycles. The molecule has 6 heteroatoms. The van der Waals surface area contributed by atoms with Crippen LogP contribution in [-0.4, -0.2) is 29.1 Å². The van der Waals surface area contributed by atoms with Gasteiger partial charge in [0.15, 0.2) is 0 Å². The Labute approximate surface area is 164 Å². The van der Waals surface area contributed by atoms with Crippen molar-refractivity contribution in [2.75, 3.05) is 13.1 Å². The lowest BCUT2D eigenvalue weighted by Gasteiger charge is -2.41. The average Bonchev–Trinajstić information content (AvgIpc) is 3.28. The van der Waals surface area contributed by atoms with E-state index in [-0.39, 0.29) is 24.3 Å². The molecular formula is C22H26FNO4. The highest BCUT2D eigenvalue weighted by Gasteiger charge is 2.49. The van der Waals surface area contributed by atoms with Gasteiger partial charge in [-0.1, -0.05) is 12.1 Å². The van der Waals surface area contributed by atoms with Crippen molar-refractivity contribution >= 4 is 5.97 Å². The monoisotopic (exact) mass is 387 g/mol. The number of carbonyl (C=O) groups is 1. The van der Waals surface area contributed by atoms with Crippen molar-refractivity contribution in [1.29, 1.82) is 0 Å². The third-order valence-corrected chi connectivity index (χ3v) is 6.12. The zero-order chi connectivity index (χ0) is 19.7. The summed E-state index contributed by atoms with van der Waals surface area (Å²) in [5.74, 6) is 1.38. The van der Waals surface area contributed by atoms with Crippen LogP contribution in [0.3, 0.4) is 0 Å². The van der Waals surface area contributed by atoms with Gasteiger partial charge in [-0.3, -0.25) is 9.69 Å². The summed E-state index contributed by atoms with van der Waals surface area (Å²) in [6.45, 7) is 3.86. The Balaban J connectivity index is 1.44. The highest BCUT2D eigenvalue weighted by Crippen LogP contribution is 2.48. The van der Waals surface area contributed by atoms with Crippen molar-refractivity contribution in [2.45, 2.75) is 44.9 Å². The van der Waals surface area contributed by atoms with Crippen LogP contribution in [0.4, 0.5) is 4.39 Å². The molecular weight excluding hydrogens is 361 g/mol. The first-order chi connectivity index (χ1) is 13.4. The van der Waals surface area contributed by atoms with Gasteiger partial charge in [0.05, 0.1) is 12.1 Å². The number of rotatable bonds is 5. The fourth-order valence-electron chi connectivity index (χ4n) is 4.82. The van der Waals surface area contributed by atoms with Crippen LogP contribution in [0.25, 0.3) is 0 Å². The van der Waals surface area contributed by atoms with E-state index in [0.717, 1.165) is 37.3 Å². The fraction of sp³-hybridized carbons (Fsp3) is 0.500. The SMILES string of the molecule is CC(=O)OCc1ccc(CN2CC3CCCC(O)(c4ccc(F)cc4)C3C2)o1. The summed E-state index contributed by atoms with van der Waals surface area (Å²) in [4.78, 5) is 13.2. The Morgan fingerprint density at radius 3 is 2.75 bits per heavy atom. The summed E-state index contributed by atoms with van der Waals surface area (Å²) in [5, 5.41) is 11.5. The lowest BCUT2D eigenvalue weighted by atomic mass is 9.67. The maximum Gasteiger partial charge on any atom is 0.303 e. The molecule has 1 aromatic heterocycles. The van der Waals surface area contributed by atoms with Crippen molar-refractivity contribution in [2.24, 2.45) is 11.8 Å². The summed E-state index contributed by atoms with van der Waals surface area (Å²) in [6, 6.07) is 10.0. The number of carbonyl (C=O) groups excluding carboxylic acids is 1. The van der Waals surface area contributed by atoms with E-state index >= 15 is 0 Å². The van der Waals surface area contributed by atoms with Crippen molar-refractivity contribution in [1.82, 2.24) is 4.90 Å². The Bertz CT molecular complexity index is 833. The number of aliphatic hydroxyl groups is 1. The number of hydrogen-bond acceptors (Lipinski definition) is 5. The number of halogens is 1. The Kier molecular flexibility index (Phi) is 5.25. The Morgan fingerprint density at radius 1 is 1.25 bits per heavy atom. The quantitative estimate of drug-likeness (QED) is 0.795. The molecule has 0 radical (unpaired) electrons. The van der Waals surface area contributed by atoms with Crippen molar-refractivity contribution in [3.63, 3.8) is 0 Å². The van der Waals surface area contributed by atoms with Gasteiger partial charge in [-0.25, -0.2) is 4.39 Å². The number of esters is 1. The summed E-state index contributed by atoms with van der Waals surface area (Å²) in [6.07, 6.45) is 2.78. The predicted molar refractivity (Wildman–Crippen MR) is 101 cm³/mol. The molecule has 0 amide bonds. The minimum Gasteiger partial charge on any atom is -0.461 e. The van der Waals surface area contributed by atoms with Crippen LogP contribution in [0.5, 0.6) is 0 Å². The second kappa shape index (κ2) is 7.68. The molecule has 28 heavy (non-hydrogen) atoms. The summed E-state index contributed by atoms with van der Waals surface area (Å²) in [5.41, 5.74) is -0.0956. The van der Waals surface area contributed by atoms with E-state index in [1.165, 1.54) is 19.1 Å². The van der Waals surface area contributed by atoms with E-state index < -0.39 is 5.60 Å². The molecule has 1 N–H and O–H groups in total. The van der Waals surface area contributed by atoms with E-state index in [4.69, 9.17) is 9.15 Å². The van der Waals surface area contributed by atoms with Gasteiger partial charge >= 0.3 is 5.97 Å². The number of ether oxygens (including phenoxy) is 1. The minimum absolute atomic E-state index is 0.127. The molecule has 2 fully saturated rings. The second-order valence-electron chi connectivity index (χ2n) is 8.03. The third-order valence-electron chi connectivity index (χ3n) is 6.12. The molecule has 4 rings (SSSR count). The van der Waals surface area contributed by atoms with Crippen molar-refractivity contribution in [3.8, 4) is 0 Å². The normalized spacial score (nSPS) is 27.5. The van der Waals surface area contributed by atoms with Gasteiger partial charge in [0.2, 0.25) is 0 Å². The van der Waals surface area contributed by atoms with Crippen molar-refractivity contribution < 1.29 is 23.4 Å². The van der Waals surface area contributed by atoms with Crippen molar-refractivity contribution in [3.05, 3.63) is 59.3 Å². The smallest absolute Gasteiger partial charge is 0.303 e. The maximum absolute atomic E-state index is 13.3. The lowest BCUT2D eigenvalue weighted by molar-refractivity contribution is -0.142. The highest BCUT2D eigenvalue weighted by atomic mass is 19.1. The minimum atomic E-state index is -0.908. The topological polar surface area (TPSA) is 62.9 Å². The van der Waals surface area contributed by atoms with Crippen LogP contribution in [0, 0.1) is 17.7 Å². The molecule has 2 aromatic rings. The van der Waals surface area contributed by atoms with Crippen LogP contribution < -0.4 is 0 Å². The van der Waals surface area contributed by atoms with E-state index in [2.05, 4.69) is 4.90 Å². The van der Waals surface area contributed by atoms with Gasteiger partial charge < -0.3 is 14.3 Å². The molecule has 1 aliphatic heterocycles. The standard InChI is InChI=1S/C22H26FNO4/c1-15(25)27-14-20-9-8-19(28-20)12-24-11-16-3-2-10-22(26,21(16)13-24)17-4-6-18(23)7-5-17/h4-9,16,21,26H,2-3,10-14H2,1H3. The molecule has 2 heterocycles. The lowest BCUT2D eigenvalue weighted by Crippen LogP contribution is -2.42. The fourth-order valence-corrected chi connectivity index (χ4v) is 4.82. The van der Waals surface area contributed by atoms with Crippen LogP contribution >= 0.6 is 0 Å². The molecule has 0 spiro atoms. The molecule has 150 valence electrons. The van der Waals surface area contributed by atoms with Gasteiger partial charge in [0.1, 0.15) is 23.9 Å². The van der Waals surface area contributed by atoms with Crippen LogP contribution in [-0.2, 0) is 28.3 Å². The van der Waals surface area contributed by atoms with Gasteiger partial charge in [-0.15, -0.1) is 0 Å². The number of furan rings is 1. The number of benzene rings is 1. The molecule has 0 bridgehead atoms. The largest absolute Gasteiger partial charge is 0.461 e. The molecule has 1 aromatic carbocycles. The number of hydrogen-bond donors (Lipinski definition) is 1. The zero-order valence-electron chi connectivity index (χ0n) is 16.1. The van der Waals surface area contributed by atoms with E-state index in [0.29, 0.717) is 24.6 Å². The Hall–Kier alpha value is -2.18. The van der Waals surface area contributed by atoms with Crippen LogP contribution in [0.2, 0.25) is 0 Å². The maximum atomic E-state index is 13.3. The molecule has 3 unspecified atom stereocenters. The van der Waals surface area contributed by atoms with Crippen LogP contribution in [0.1, 0.15) is 43.3 Å². The number of likely N-dealkylation sites (tertiary alicyclic amines) is 1. The van der Waals surface area contributed by atoms with Gasteiger partial charge in [-0.2, -0.15) is 0 Å². The highest BCUT2D eigenvalue weighted by molar-refractivity contribution is 5.65. The summed E-state index contributed by atoms with van der Waals surface area (Å²) in [7, 11) is 0. The van der Waals surface area contributed by atoms with Gasteiger partial charge in [-0.05, 0) is 55.0 Å². The third kappa shape index (κ3) is 3.84. The summed E-state index contributed by atoms with van der Waals surface area (Å²) < 4.78 is 24.1. The summed E-state index contributed by atoms with van der Waals surface area (Å²) >= 11 is 0. The number of fused-ring (bicyclic) bond motifs is 1. The first-order valence-electron chi connectivity index (χ1n) is 9.86. The number of nitrogens with zero attached hydrogens (tertiary/aromatic N) is 1. The molecule has 1 aliphatic carbocycles. The van der Waals surface area contributed by atoms with Gasteiger partial charge in [0, 0.05) is 25.9 Å². The first-order valence-corrected chi connectivity index (χ1v) is 9.86. The zero-order valence-corrected chi connectivity index (χ0v) is 16.1. The van der Waals surface area contributed by atoms with E-state index in [9.17, 15) is 14.3 Å². The van der Waals surface area contributed by atoms with E-state index in [1.54, 1.807) is 12.1 Å². The first kappa shape index (κ1) is 19.2. The molecule has 1 saturated carbocycles. The van der Waals surface area contributed by atoms with E-state index in [1.807, 2.05) is 12.1 Å². The van der Waals surface area contributed by atoms with Gasteiger partial charge in [0.25, 0.3) is 0 Å². The molecule has 5 nitrogen and oxygen atoms in total. The molecule has 3 atom stereocenters. The Morgan fingerprint density at radius 2 is 2.00 bits per heavy atom. The second-order valence-corrected chi connectivity index (χ2v) is 8.03. The average molecular weight is 387 g/mol. The molecule has 2 aliphatic rings. The van der Waals surface area contributed by atoms with Crippen LogP contribution in [0.15, 0.2) is 40.8 Å². The predicted octanol–water partition coefficient (Wildman–Crippen LogP) is 3.60.